The Kier molecular flexibility index (Phi) is 3.85. The number of aromatic nitrogens is 3. The third kappa shape index (κ3) is 3.08. The minimum atomic E-state index is -4.45. The Hall–Kier alpha value is -1.11. The summed E-state index contributed by atoms with van der Waals surface area (Å²) in [5, 5.41) is 4.06. The van der Waals surface area contributed by atoms with Crippen LogP contribution in [0.4, 0.5) is 13.2 Å². The molecule has 0 atom stereocenters. The van der Waals surface area contributed by atoms with Crippen molar-refractivity contribution in [2.45, 2.75) is 32.9 Å². The van der Waals surface area contributed by atoms with Gasteiger partial charge in [0.2, 0.25) is 0 Å². The topological polar surface area (TPSA) is 30.2 Å². The molecular formula is C12H13BrF3N3. The summed E-state index contributed by atoms with van der Waals surface area (Å²) < 4.78 is 40.4. The highest BCUT2D eigenvalue weighted by molar-refractivity contribution is 9.10. The molecule has 0 unspecified atom stereocenters. The Morgan fingerprint density at radius 3 is 2.63 bits per heavy atom. The molecular weight excluding hydrogens is 323 g/mol. The number of fused-ring (bicyclic) bond motifs is 1. The number of hydrogen-bond acceptors (Lipinski definition) is 2. The quantitative estimate of drug-likeness (QED) is 0.845. The molecule has 0 aliphatic heterocycles. The fourth-order valence-corrected chi connectivity index (χ4v) is 2.11. The van der Waals surface area contributed by atoms with Crippen LogP contribution in [0.15, 0.2) is 16.7 Å². The van der Waals surface area contributed by atoms with E-state index in [-0.39, 0.29) is 5.65 Å². The summed E-state index contributed by atoms with van der Waals surface area (Å²) in [4.78, 5) is 3.62. The molecule has 0 saturated carbocycles. The van der Waals surface area contributed by atoms with Crippen molar-refractivity contribution >= 4 is 21.6 Å². The van der Waals surface area contributed by atoms with Crippen LogP contribution in [0.2, 0.25) is 0 Å². The van der Waals surface area contributed by atoms with Crippen LogP contribution in [-0.2, 0) is 12.6 Å². The molecule has 0 radical (unpaired) electrons. The van der Waals surface area contributed by atoms with E-state index in [2.05, 4.69) is 26.0 Å². The van der Waals surface area contributed by atoms with Crippen LogP contribution in [0.5, 0.6) is 0 Å². The van der Waals surface area contributed by atoms with E-state index in [4.69, 9.17) is 0 Å². The standard InChI is InChI=1S/C12H13BrF3N3/c1-7(2)3-4-8-5-10(12(14,15)16)18-11-9(13)6-17-19(8)11/h5-7H,3-4H2,1-2H3. The number of hydrogen-bond donors (Lipinski definition) is 0. The predicted octanol–water partition coefficient (Wildman–Crippen LogP) is 4.10. The summed E-state index contributed by atoms with van der Waals surface area (Å²) in [6.45, 7) is 4.06. The first-order valence-electron chi connectivity index (χ1n) is 5.89. The first-order valence-corrected chi connectivity index (χ1v) is 6.68. The molecule has 2 aromatic heterocycles. The molecule has 2 aromatic rings. The first-order chi connectivity index (χ1) is 8.79. The fourth-order valence-electron chi connectivity index (χ4n) is 1.76. The van der Waals surface area contributed by atoms with Gasteiger partial charge in [-0.15, -0.1) is 0 Å². The van der Waals surface area contributed by atoms with E-state index in [1.54, 1.807) is 0 Å². The summed E-state index contributed by atoms with van der Waals surface area (Å²) in [6.07, 6.45) is -1.65. The van der Waals surface area contributed by atoms with Crippen LogP contribution < -0.4 is 0 Å². The first kappa shape index (κ1) is 14.3. The minimum absolute atomic E-state index is 0.202. The molecule has 0 aromatic carbocycles. The second-order valence-corrected chi connectivity index (χ2v) is 5.65. The zero-order valence-corrected chi connectivity index (χ0v) is 12.1. The summed E-state index contributed by atoms with van der Waals surface area (Å²) in [5.74, 6) is 0.413. The van der Waals surface area contributed by atoms with Crippen LogP contribution in [-0.4, -0.2) is 14.6 Å². The van der Waals surface area contributed by atoms with Gasteiger partial charge in [-0.3, -0.25) is 0 Å². The van der Waals surface area contributed by atoms with E-state index >= 15 is 0 Å². The lowest BCUT2D eigenvalue weighted by atomic mass is 10.1. The van der Waals surface area contributed by atoms with Crippen molar-refractivity contribution in [2.75, 3.05) is 0 Å². The highest BCUT2D eigenvalue weighted by atomic mass is 79.9. The molecule has 0 fully saturated rings. The van der Waals surface area contributed by atoms with Gasteiger partial charge in [0.25, 0.3) is 0 Å². The van der Waals surface area contributed by atoms with Gasteiger partial charge in [-0.25, -0.2) is 9.50 Å². The normalized spacial score (nSPS) is 12.6. The number of aryl methyl sites for hydroxylation is 1. The van der Waals surface area contributed by atoms with Gasteiger partial charge >= 0.3 is 6.18 Å². The van der Waals surface area contributed by atoms with Crippen LogP contribution in [0.3, 0.4) is 0 Å². The van der Waals surface area contributed by atoms with Crippen molar-refractivity contribution in [3.63, 3.8) is 0 Å². The molecule has 0 aliphatic carbocycles. The molecule has 19 heavy (non-hydrogen) atoms. The van der Waals surface area contributed by atoms with E-state index in [0.29, 0.717) is 22.5 Å². The number of alkyl halides is 3. The maximum Gasteiger partial charge on any atom is 0.433 e. The lowest BCUT2D eigenvalue weighted by Crippen LogP contribution is -2.12. The van der Waals surface area contributed by atoms with Crippen LogP contribution in [0.25, 0.3) is 5.65 Å². The number of halogens is 4. The summed E-state index contributed by atoms with van der Waals surface area (Å²) in [5.41, 5.74) is -0.148. The zero-order chi connectivity index (χ0) is 14.2. The van der Waals surface area contributed by atoms with Gasteiger partial charge in [0.05, 0.1) is 10.7 Å². The molecule has 2 heterocycles. The van der Waals surface area contributed by atoms with Crippen LogP contribution >= 0.6 is 15.9 Å². The van der Waals surface area contributed by atoms with Gasteiger partial charge in [-0.1, -0.05) is 13.8 Å². The van der Waals surface area contributed by atoms with E-state index in [1.165, 1.54) is 10.7 Å². The lowest BCUT2D eigenvalue weighted by Gasteiger charge is -2.11. The molecule has 0 N–H and O–H groups in total. The average molecular weight is 336 g/mol. The van der Waals surface area contributed by atoms with Crippen LogP contribution in [0.1, 0.15) is 31.7 Å². The molecule has 0 saturated heterocycles. The van der Waals surface area contributed by atoms with Gasteiger partial charge in [-0.05, 0) is 40.8 Å². The van der Waals surface area contributed by atoms with E-state index < -0.39 is 11.9 Å². The second-order valence-electron chi connectivity index (χ2n) is 4.79. The lowest BCUT2D eigenvalue weighted by molar-refractivity contribution is -0.141. The van der Waals surface area contributed by atoms with Crippen molar-refractivity contribution in [1.82, 2.24) is 14.6 Å². The fraction of sp³-hybridized carbons (Fsp3) is 0.500. The Bertz CT molecular complexity index is 590. The Labute approximate surface area is 117 Å². The van der Waals surface area contributed by atoms with Crippen molar-refractivity contribution in [2.24, 2.45) is 5.92 Å². The second kappa shape index (κ2) is 5.11. The number of rotatable bonds is 3. The van der Waals surface area contributed by atoms with Gasteiger partial charge in [0, 0.05) is 5.69 Å². The van der Waals surface area contributed by atoms with E-state index in [1.807, 2.05) is 13.8 Å². The molecule has 104 valence electrons. The van der Waals surface area contributed by atoms with E-state index in [0.717, 1.165) is 12.5 Å². The van der Waals surface area contributed by atoms with E-state index in [9.17, 15) is 13.2 Å². The van der Waals surface area contributed by atoms with Gasteiger partial charge < -0.3 is 0 Å². The van der Waals surface area contributed by atoms with Crippen molar-refractivity contribution in [3.8, 4) is 0 Å². The Balaban J connectivity index is 2.53. The molecule has 3 nitrogen and oxygen atoms in total. The van der Waals surface area contributed by atoms with Crippen LogP contribution in [0, 0.1) is 5.92 Å². The summed E-state index contributed by atoms with van der Waals surface area (Å²) >= 11 is 3.17. The predicted molar refractivity (Wildman–Crippen MR) is 68.8 cm³/mol. The molecule has 0 amide bonds. The molecule has 0 spiro atoms. The Morgan fingerprint density at radius 2 is 2.05 bits per heavy atom. The third-order valence-electron chi connectivity index (χ3n) is 2.77. The molecule has 7 heteroatoms. The van der Waals surface area contributed by atoms with Gasteiger partial charge in [0.15, 0.2) is 5.65 Å². The smallest absolute Gasteiger partial charge is 0.223 e. The zero-order valence-electron chi connectivity index (χ0n) is 10.5. The monoisotopic (exact) mass is 335 g/mol. The molecule has 0 bridgehead atoms. The highest BCUT2D eigenvalue weighted by Gasteiger charge is 2.33. The maximum atomic E-state index is 12.8. The third-order valence-corrected chi connectivity index (χ3v) is 3.33. The minimum Gasteiger partial charge on any atom is -0.223 e. The van der Waals surface area contributed by atoms with Crippen molar-refractivity contribution in [1.29, 1.82) is 0 Å². The molecule has 2 rings (SSSR count). The van der Waals surface area contributed by atoms with Crippen molar-refractivity contribution in [3.05, 3.63) is 28.1 Å². The average Bonchev–Trinajstić information content (AvgIpc) is 2.67. The SMILES string of the molecule is CC(C)CCc1cc(C(F)(F)F)nc2c(Br)cnn12. The Morgan fingerprint density at radius 1 is 1.37 bits per heavy atom. The highest BCUT2D eigenvalue weighted by Crippen LogP contribution is 2.30. The largest absolute Gasteiger partial charge is 0.433 e. The molecule has 0 aliphatic rings. The van der Waals surface area contributed by atoms with Gasteiger partial charge in [0.1, 0.15) is 5.69 Å². The maximum absolute atomic E-state index is 12.8. The number of nitrogens with zero attached hydrogens (tertiary/aromatic N) is 3. The summed E-state index contributed by atoms with van der Waals surface area (Å²) in [6, 6.07) is 1.08. The van der Waals surface area contributed by atoms with Gasteiger partial charge in [-0.2, -0.15) is 18.3 Å². The summed E-state index contributed by atoms with van der Waals surface area (Å²) in [7, 11) is 0. The van der Waals surface area contributed by atoms with Crippen molar-refractivity contribution < 1.29 is 13.2 Å².